The van der Waals surface area contributed by atoms with Crippen LogP contribution >= 0.6 is 0 Å². The molecule has 0 saturated heterocycles. The van der Waals surface area contributed by atoms with Crippen LogP contribution in [0.2, 0.25) is 0 Å². The van der Waals surface area contributed by atoms with E-state index in [9.17, 15) is 9.59 Å². The lowest BCUT2D eigenvalue weighted by Crippen LogP contribution is -2.29. The predicted molar refractivity (Wildman–Crippen MR) is 65.3 cm³/mol. The molecule has 19 heavy (non-hydrogen) atoms. The summed E-state index contributed by atoms with van der Waals surface area (Å²) in [5.74, 6) is 3.12. The predicted octanol–water partition coefficient (Wildman–Crippen LogP) is 0.356. The third-order valence-electron chi connectivity index (χ3n) is 2.38. The second kappa shape index (κ2) is 5.78. The van der Waals surface area contributed by atoms with E-state index in [4.69, 9.17) is 20.6 Å². The van der Waals surface area contributed by atoms with Crippen molar-refractivity contribution in [1.29, 1.82) is 0 Å². The lowest BCUT2D eigenvalue weighted by Gasteiger charge is -2.09. The Morgan fingerprint density at radius 1 is 1.47 bits per heavy atom. The molecule has 1 aliphatic heterocycles. The summed E-state index contributed by atoms with van der Waals surface area (Å²) in [7, 11) is 0. The van der Waals surface area contributed by atoms with Gasteiger partial charge in [0.05, 0.1) is 12.1 Å². The molecular weight excluding hydrogens is 250 g/mol. The van der Waals surface area contributed by atoms with Crippen molar-refractivity contribution in [3.8, 4) is 29.6 Å². The van der Waals surface area contributed by atoms with E-state index in [1.807, 2.05) is 0 Å². The largest absolute Gasteiger partial charge is 0.483 e. The molecule has 1 aromatic rings. The highest BCUT2D eigenvalue weighted by molar-refractivity contribution is 5.82. The Balaban J connectivity index is 2.06. The number of benzene rings is 1. The van der Waals surface area contributed by atoms with Gasteiger partial charge in [-0.1, -0.05) is 5.92 Å². The number of fused-ring (bicyclic) bond motifs is 1. The minimum absolute atomic E-state index is 0.0970. The van der Waals surface area contributed by atoms with Gasteiger partial charge in [-0.2, -0.15) is 0 Å². The molecule has 2 rings (SSSR count). The molecule has 0 aromatic heterocycles. The Kier molecular flexibility index (Phi) is 3.88. The van der Waals surface area contributed by atoms with Crippen LogP contribution in [0.1, 0.15) is 10.4 Å². The summed E-state index contributed by atoms with van der Waals surface area (Å²) in [5, 5.41) is 2.45. The van der Waals surface area contributed by atoms with Gasteiger partial charge in [0.1, 0.15) is 5.75 Å². The topological polar surface area (TPSA) is 73.9 Å². The van der Waals surface area contributed by atoms with Crippen LogP contribution in [0.25, 0.3) is 0 Å². The number of hydrogen-bond donors (Lipinski definition) is 1. The number of hydrogen-bond acceptors (Lipinski definition) is 5. The molecule has 1 aromatic carbocycles. The van der Waals surface area contributed by atoms with Gasteiger partial charge in [0.25, 0.3) is 5.91 Å². The van der Waals surface area contributed by atoms with Crippen LogP contribution in [0.4, 0.5) is 0 Å². The molecule has 1 amide bonds. The van der Waals surface area contributed by atoms with Gasteiger partial charge in [0.15, 0.2) is 24.4 Å². The molecule has 0 bridgehead atoms. The van der Waals surface area contributed by atoms with Gasteiger partial charge in [-0.25, -0.2) is 0 Å². The van der Waals surface area contributed by atoms with Crippen molar-refractivity contribution in [1.82, 2.24) is 5.32 Å². The number of aldehydes is 1. The van der Waals surface area contributed by atoms with E-state index in [0.29, 0.717) is 17.8 Å². The van der Waals surface area contributed by atoms with Crippen molar-refractivity contribution in [2.45, 2.75) is 0 Å². The molecule has 98 valence electrons. The highest BCUT2D eigenvalue weighted by Gasteiger charge is 2.18. The molecule has 0 aliphatic carbocycles. The maximum Gasteiger partial charge on any atom is 0.258 e. The molecule has 1 N–H and O–H groups in total. The van der Waals surface area contributed by atoms with E-state index in [1.54, 1.807) is 0 Å². The minimum atomic E-state index is -0.368. The zero-order chi connectivity index (χ0) is 13.7. The van der Waals surface area contributed by atoms with Crippen molar-refractivity contribution >= 4 is 12.2 Å². The van der Waals surface area contributed by atoms with E-state index < -0.39 is 0 Å². The minimum Gasteiger partial charge on any atom is -0.483 e. The standard InChI is InChI=1S/C13H11NO5/c1-2-3-14-13(16)7-17-10-5-12-11(18-8-19-12)4-9(10)6-15/h1,4-6H,3,7-8H2,(H,14,16). The van der Waals surface area contributed by atoms with E-state index in [-0.39, 0.29) is 37.2 Å². The van der Waals surface area contributed by atoms with Gasteiger partial charge < -0.3 is 19.5 Å². The van der Waals surface area contributed by atoms with Gasteiger partial charge in [0, 0.05) is 6.07 Å². The molecular formula is C13H11NO5. The fraction of sp³-hybridized carbons (Fsp3) is 0.231. The van der Waals surface area contributed by atoms with Crippen molar-refractivity contribution in [3.63, 3.8) is 0 Å². The Morgan fingerprint density at radius 2 is 2.21 bits per heavy atom. The third-order valence-corrected chi connectivity index (χ3v) is 2.38. The fourth-order valence-corrected chi connectivity index (χ4v) is 1.50. The van der Waals surface area contributed by atoms with Gasteiger partial charge in [0.2, 0.25) is 6.79 Å². The SMILES string of the molecule is C#CCNC(=O)COc1cc2c(cc1C=O)OCO2. The van der Waals surface area contributed by atoms with Gasteiger partial charge in [-0.3, -0.25) is 9.59 Å². The average molecular weight is 261 g/mol. The first-order valence-corrected chi connectivity index (χ1v) is 5.46. The van der Waals surface area contributed by atoms with E-state index >= 15 is 0 Å². The van der Waals surface area contributed by atoms with Crippen LogP contribution in [0.15, 0.2) is 12.1 Å². The second-order valence-corrected chi connectivity index (χ2v) is 3.63. The smallest absolute Gasteiger partial charge is 0.258 e. The van der Waals surface area contributed by atoms with Crippen molar-refractivity contribution < 1.29 is 23.8 Å². The summed E-state index contributed by atoms with van der Waals surface area (Å²) < 4.78 is 15.6. The summed E-state index contributed by atoms with van der Waals surface area (Å²) in [4.78, 5) is 22.3. The Labute approximate surface area is 109 Å². The van der Waals surface area contributed by atoms with Crippen LogP contribution in [0.5, 0.6) is 17.2 Å². The molecule has 0 atom stereocenters. The van der Waals surface area contributed by atoms with Crippen molar-refractivity contribution in [2.75, 3.05) is 19.9 Å². The monoisotopic (exact) mass is 261 g/mol. The molecule has 0 spiro atoms. The first-order valence-electron chi connectivity index (χ1n) is 5.46. The van der Waals surface area contributed by atoms with Gasteiger partial charge >= 0.3 is 0 Å². The summed E-state index contributed by atoms with van der Waals surface area (Å²) >= 11 is 0. The van der Waals surface area contributed by atoms with Crippen LogP contribution < -0.4 is 19.5 Å². The third kappa shape index (κ3) is 2.96. The molecule has 6 nitrogen and oxygen atoms in total. The van der Waals surface area contributed by atoms with Crippen LogP contribution in [-0.2, 0) is 4.79 Å². The quantitative estimate of drug-likeness (QED) is 0.611. The Hall–Kier alpha value is -2.68. The molecule has 6 heteroatoms. The number of ether oxygens (including phenoxy) is 3. The lowest BCUT2D eigenvalue weighted by atomic mass is 10.2. The number of amides is 1. The molecule has 0 saturated carbocycles. The van der Waals surface area contributed by atoms with Gasteiger partial charge in [-0.05, 0) is 6.07 Å². The summed E-state index contributed by atoms with van der Waals surface area (Å²) in [6.07, 6.45) is 5.63. The number of carbonyl (C=O) groups excluding carboxylic acids is 2. The highest BCUT2D eigenvalue weighted by Crippen LogP contribution is 2.37. The Morgan fingerprint density at radius 3 is 2.89 bits per heavy atom. The van der Waals surface area contributed by atoms with Crippen LogP contribution in [0.3, 0.4) is 0 Å². The maximum absolute atomic E-state index is 11.3. The second-order valence-electron chi connectivity index (χ2n) is 3.63. The number of nitrogens with one attached hydrogen (secondary N) is 1. The van der Waals surface area contributed by atoms with Crippen molar-refractivity contribution in [2.24, 2.45) is 0 Å². The lowest BCUT2D eigenvalue weighted by molar-refractivity contribution is -0.122. The number of rotatable bonds is 5. The molecule has 1 heterocycles. The summed E-state index contributed by atoms with van der Waals surface area (Å²) in [5.41, 5.74) is 0.286. The fourth-order valence-electron chi connectivity index (χ4n) is 1.50. The maximum atomic E-state index is 11.3. The molecule has 1 aliphatic rings. The zero-order valence-electron chi connectivity index (χ0n) is 9.97. The Bertz CT molecular complexity index is 547. The molecule has 0 unspecified atom stereocenters. The first kappa shape index (κ1) is 12.8. The van der Waals surface area contributed by atoms with Crippen molar-refractivity contribution in [3.05, 3.63) is 17.7 Å². The first-order chi connectivity index (χ1) is 9.24. The average Bonchev–Trinajstić information content (AvgIpc) is 2.88. The zero-order valence-corrected chi connectivity index (χ0v) is 9.97. The van der Waals surface area contributed by atoms with Crippen LogP contribution in [0, 0.1) is 12.3 Å². The molecule has 0 radical (unpaired) electrons. The van der Waals surface area contributed by atoms with Gasteiger partial charge in [-0.15, -0.1) is 6.42 Å². The van der Waals surface area contributed by atoms with E-state index in [0.717, 1.165) is 0 Å². The van der Waals surface area contributed by atoms with E-state index in [2.05, 4.69) is 11.2 Å². The van der Waals surface area contributed by atoms with Crippen LogP contribution in [-0.4, -0.2) is 32.1 Å². The number of terminal acetylenes is 1. The highest BCUT2D eigenvalue weighted by atomic mass is 16.7. The number of carbonyl (C=O) groups is 2. The molecule has 0 fully saturated rings. The summed E-state index contributed by atoms with van der Waals surface area (Å²) in [6, 6.07) is 3.02. The summed E-state index contributed by atoms with van der Waals surface area (Å²) in [6.45, 7) is -0.00816. The normalized spacial score (nSPS) is 11.5. The van der Waals surface area contributed by atoms with E-state index in [1.165, 1.54) is 12.1 Å².